The molecule has 0 aliphatic rings. The summed E-state index contributed by atoms with van der Waals surface area (Å²) in [5.41, 5.74) is 0. The second kappa shape index (κ2) is 4.67. The first-order valence-electron chi connectivity index (χ1n) is 3.80. The molecule has 1 amide bonds. The molecule has 0 aliphatic carbocycles. The van der Waals surface area contributed by atoms with E-state index in [2.05, 4.69) is 11.9 Å². The van der Waals surface area contributed by atoms with Gasteiger partial charge in [-0.15, -0.1) is 17.9 Å². The predicted octanol–water partition coefficient (Wildman–Crippen LogP) is 1.67. The fourth-order valence-electron chi connectivity index (χ4n) is 0.869. The van der Waals surface area contributed by atoms with Crippen LogP contribution in [0.2, 0.25) is 0 Å². The quantitative estimate of drug-likeness (QED) is 0.746. The van der Waals surface area contributed by atoms with Gasteiger partial charge in [0.2, 0.25) is 0 Å². The van der Waals surface area contributed by atoms with Gasteiger partial charge in [-0.25, -0.2) is 0 Å². The number of rotatable bonds is 4. The summed E-state index contributed by atoms with van der Waals surface area (Å²) in [4.78, 5) is 12.0. The van der Waals surface area contributed by atoms with E-state index in [1.165, 1.54) is 11.3 Å². The van der Waals surface area contributed by atoms with Crippen molar-refractivity contribution in [2.24, 2.45) is 0 Å². The van der Waals surface area contributed by atoms with Crippen LogP contribution < -0.4 is 10.1 Å². The van der Waals surface area contributed by atoms with Crippen LogP contribution in [0.1, 0.15) is 9.67 Å². The van der Waals surface area contributed by atoms with E-state index < -0.39 is 0 Å². The number of methoxy groups -OCH3 is 1. The summed E-state index contributed by atoms with van der Waals surface area (Å²) in [6, 6.07) is 1.77. The van der Waals surface area contributed by atoms with Crippen molar-refractivity contribution >= 4 is 17.2 Å². The molecule has 0 saturated carbocycles. The van der Waals surface area contributed by atoms with Crippen LogP contribution in [0.25, 0.3) is 0 Å². The van der Waals surface area contributed by atoms with Crippen molar-refractivity contribution in [2.75, 3.05) is 13.7 Å². The first-order valence-corrected chi connectivity index (χ1v) is 4.68. The zero-order valence-corrected chi connectivity index (χ0v) is 8.19. The van der Waals surface area contributed by atoms with Gasteiger partial charge < -0.3 is 10.1 Å². The summed E-state index contributed by atoms with van der Waals surface area (Å²) in [6.07, 6.45) is 1.64. The molecule has 1 heterocycles. The highest BCUT2D eigenvalue weighted by molar-refractivity contribution is 7.12. The number of thiophene rings is 1. The van der Waals surface area contributed by atoms with Gasteiger partial charge >= 0.3 is 0 Å². The van der Waals surface area contributed by atoms with E-state index in [4.69, 9.17) is 4.74 Å². The van der Waals surface area contributed by atoms with Crippen LogP contribution in [-0.2, 0) is 0 Å². The van der Waals surface area contributed by atoms with Crippen molar-refractivity contribution in [3.63, 3.8) is 0 Å². The maximum Gasteiger partial charge on any atom is 0.265 e. The molecule has 1 aromatic rings. The first kappa shape index (κ1) is 9.80. The van der Waals surface area contributed by atoms with E-state index in [1.54, 1.807) is 19.3 Å². The lowest BCUT2D eigenvalue weighted by Crippen LogP contribution is -2.22. The molecule has 13 heavy (non-hydrogen) atoms. The zero-order chi connectivity index (χ0) is 9.68. The van der Waals surface area contributed by atoms with Crippen molar-refractivity contribution in [2.45, 2.75) is 0 Å². The molecule has 70 valence electrons. The van der Waals surface area contributed by atoms with Crippen molar-refractivity contribution in [1.82, 2.24) is 5.32 Å². The molecule has 0 saturated heterocycles. The van der Waals surface area contributed by atoms with E-state index in [0.717, 1.165) is 0 Å². The largest absolute Gasteiger partial charge is 0.495 e. The Morgan fingerprint density at radius 2 is 2.62 bits per heavy atom. The molecular formula is C9H11NO2S. The second-order valence-corrected chi connectivity index (χ2v) is 3.23. The van der Waals surface area contributed by atoms with Gasteiger partial charge in [0, 0.05) is 6.54 Å². The van der Waals surface area contributed by atoms with Gasteiger partial charge in [0.1, 0.15) is 10.6 Å². The van der Waals surface area contributed by atoms with Crippen LogP contribution in [0, 0.1) is 0 Å². The number of hydrogen-bond donors (Lipinski definition) is 1. The molecule has 3 nitrogen and oxygen atoms in total. The van der Waals surface area contributed by atoms with E-state index >= 15 is 0 Å². The SMILES string of the molecule is C=CCNC(=O)c1sccc1OC. The third-order valence-corrected chi connectivity index (χ3v) is 2.36. The molecule has 0 bridgehead atoms. The maximum atomic E-state index is 11.4. The Labute approximate surface area is 81.0 Å². The molecule has 1 rings (SSSR count). The Kier molecular flexibility index (Phi) is 3.52. The Bertz CT molecular complexity index is 306. The summed E-state index contributed by atoms with van der Waals surface area (Å²) in [7, 11) is 1.55. The van der Waals surface area contributed by atoms with Gasteiger partial charge in [-0.1, -0.05) is 6.08 Å². The van der Waals surface area contributed by atoms with Crippen LogP contribution in [0.5, 0.6) is 5.75 Å². The third kappa shape index (κ3) is 2.32. The second-order valence-electron chi connectivity index (χ2n) is 2.32. The lowest BCUT2D eigenvalue weighted by molar-refractivity contribution is 0.0959. The fraction of sp³-hybridized carbons (Fsp3) is 0.222. The third-order valence-electron chi connectivity index (χ3n) is 1.46. The van der Waals surface area contributed by atoms with Crippen molar-refractivity contribution < 1.29 is 9.53 Å². The summed E-state index contributed by atoms with van der Waals surface area (Å²) in [6.45, 7) is 3.99. The molecule has 0 radical (unpaired) electrons. The van der Waals surface area contributed by atoms with Crippen LogP contribution in [0.4, 0.5) is 0 Å². The molecule has 0 atom stereocenters. The highest BCUT2D eigenvalue weighted by atomic mass is 32.1. The Morgan fingerprint density at radius 3 is 3.23 bits per heavy atom. The minimum Gasteiger partial charge on any atom is -0.495 e. The molecule has 0 unspecified atom stereocenters. The fourth-order valence-corrected chi connectivity index (χ4v) is 1.64. The standard InChI is InChI=1S/C9H11NO2S/c1-3-5-10-9(11)8-7(12-2)4-6-13-8/h3-4,6H,1,5H2,2H3,(H,10,11). The Morgan fingerprint density at radius 1 is 1.85 bits per heavy atom. The number of nitrogens with one attached hydrogen (secondary N) is 1. The molecule has 0 aromatic carbocycles. The molecule has 0 fully saturated rings. The van der Waals surface area contributed by atoms with Crippen LogP contribution in [-0.4, -0.2) is 19.6 Å². The highest BCUT2D eigenvalue weighted by Crippen LogP contribution is 2.23. The van der Waals surface area contributed by atoms with Crippen molar-refractivity contribution in [1.29, 1.82) is 0 Å². The van der Waals surface area contributed by atoms with Gasteiger partial charge in [0.05, 0.1) is 7.11 Å². The molecule has 1 N–H and O–H groups in total. The van der Waals surface area contributed by atoms with Gasteiger partial charge in [0.15, 0.2) is 0 Å². The summed E-state index contributed by atoms with van der Waals surface area (Å²) in [5, 5.41) is 4.50. The Balaban J connectivity index is 2.70. The monoisotopic (exact) mass is 197 g/mol. The van der Waals surface area contributed by atoms with Crippen molar-refractivity contribution in [3.05, 3.63) is 29.0 Å². The van der Waals surface area contributed by atoms with Crippen LogP contribution >= 0.6 is 11.3 Å². The van der Waals surface area contributed by atoms with E-state index in [-0.39, 0.29) is 5.91 Å². The van der Waals surface area contributed by atoms with Crippen LogP contribution in [0.3, 0.4) is 0 Å². The smallest absolute Gasteiger partial charge is 0.265 e. The van der Waals surface area contributed by atoms with Crippen molar-refractivity contribution in [3.8, 4) is 5.75 Å². The molecule has 0 aliphatic heterocycles. The van der Waals surface area contributed by atoms with E-state index in [0.29, 0.717) is 17.2 Å². The average molecular weight is 197 g/mol. The summed E-state index contributed by atoms with van der Waals surface area (Å²) in [5.74, 6) is 0.498. The topological polar surface area (TPSA) is 38.3 Å². The number of hydrogen-bond acceptors (Lipinski definition) is 3. The van der Waals surface area contributed by atoms with Crippen LogP contribution in [0.15, 0.2) is 24.1 Å². The lowest BCUT2D eigenvalue weighted by atomic mass is 10.4. The van der Waals surface area contributed by atoms with Gasteiger partial charge in [-0.05, 0) is 11.4 Å². The van der Waals surface area contributed by atoms with Gasteiger partial charge in [-0.2, -0.15) is 0 Å². The predicted molar refractivity (Wildman–Crippen MR) is 53.4 cm³/mol. The maximum absolute atomic E-state index is 11.4. The zero-order valence-electron chi connectivity index (χ0n) is 7.37. The highest BCUT2D eigenvalue weighted by Gasteiger charge is 2.11. The minimum absolute atomic E-state index is 0.119. The molecule has 1 aromatic heterocycles. The number of carbonyl (C=O) groups excluding carboxylic acids is 1. The molecule has 4 heteroatoms. The first-order chi connectivity index (χ1) is 6.29. The minimum atomic E-state index is -0.119. The summed E-state index contributed by atoms with van der Waals surface area (Å²) >= 11 is 1.36. The Hall–Kier alpha value is -1.29. The normalized spacial score (nSPS) is 9.31. The number of carbonyl (C=O) groups is 1. The van der Waals surface area contributed by atoms with Gasteiger partial charge in [0.25, 0.3) is 5.91 Å². The van der Waals surface area contributed by atoms with Gasteiger partial charge in [-0.3, -0.25) is 4.79 Å². The van der Waals surface area contributed by atoms with E-state index in [9.17, 15) is 4.79 Å². The lowest BCUT2D eigenvalue weighted by Gasteiger charge is -2.01. The average Bonchev–Trinajstić information content (AvgIpc) is 2.61. The van der Waals surface area contributed by atoms with E-state index in [1.807, 2.05) is 5.38 Å². The summed E-state index contributed by atoms with van der Waals surface area (Å²) < 4.78 is 5.01. The number of ether oxygens (including phenoxy) is 1. The molecular weight excluding hydrogens is 186 g/mol. The molecule has 0 spiro atoms. The number of amides is 1.